The predicted octanol–water partition coefficient (Wildman–Crippen LogP) is 0.918. The van der Waals surface area contributed by atoms with Gasteiger partial charge in [-0.2, -0.15) is 0 Å². The summed E-state index contributed by atoms with van der Waals surface area (Å²) >= 11 is 0. The standard InChI is InChI=1S/C16H22N6O2/c1-12-10-14(24-20-12)11-21-6-8-22(9-7-21)13(2)15(23)19-16-17-4-3-5-18-16/h3-5,10,13H,6-9,11H2,1-2H3,(H,17,18,19,23)/t13-/m0/s1. The fraction of sp³-hybridized carbons (Fsp3) is 0.500. The van der Waals surface area contributed by atoms with Gasteiger partial charge in [0.25, 0.3) is 0 Å². The van der Waals surface area contributed by atoms with Crippen molar-refractivity contribution in [3.63, 3.8) is 0 Å². The number of carbonyl (C=O) groups excluding carboxylic acids is 1. The van der Waals surface area contributed by atoms with Crippen LogP contribution >= 0.6 is 0 Å². The van der Waals surface area contributed by atoms with Crippen molar-refractivity contribution in [2.75, 3.05) is 31.5 Å². The molecule has 0 radical (unpaired) electrons. The molecule has 8 heteroatoms. The number of hydrogen-bond acceptors (Lipinski definition) is 7. The van der Waals surface area contributed by atoms with Crippen molar-refractivity contribution < 1.29 is 9.32 Å². The second-order valence-electron chi connectivity index (χ2n) is 5.98. The van der Waals surface area contributed by atoms with Crippen molar-refractivity contribution in [3.05, 3.63) is 36.0 Å². The Bertz CT molecular complexity index is 666. The van der Waals surface area contributed by atoms with Gasteiger partial charge in [0.1, 0.15) is 0 Å². The fourth-order valence-corrected chi connectivity index (χ4v) is 2.76. The fourth-order valence-electron chi connectivity index (χ4n) is 2.76. The molecule has 1 aliphatic rings. The lowest BCUT2D eigenvalue weighted by molar-refractivity contribution is -0.121. The minimum atomic E-state index is -0.219. The number of piperazine rings is 1. The van der Waals surface area contributed by atoms with Gasteiger partial charge < -0.3 is 4.52 Å². The highest BCUT2D eigenvalue weighted by molar-refractivity contribution is 5.93. The summed E-state index contributed by atoms with van der Waals surface area (Å²) in [6.45, 7) is 8.02. The number of amides is 1. The van der Waals surface area contributed by atoms with E-state index in [0.717, 1.165) is 44.2 Å². The maximum atomic E-state index is 12.3. The lowest BCUT2D eigenvalue weighted by Crippen LogP contribution is -2.52. The highest BCUT2D eigenvalue weighted by Gasteiger charge is 2.26. The first-order valence-corrected chi connectivity index (χ1v) is 8.08. The van der Waals surface area contributed by atoms with Crippen LogP contribution in [0.3, 0.4) is 0 Å². The summed E-state index contributed by atoms with van der Waals surface area (Å²) in [4.78, 5) is 24.8. The molecule has 8 nitrogen and oxygen atoms in total. The average Bonchev–Trinajstić information content (AvgIpc) is 3.00. The van der Waals surface area contributed by atoms with E-state index >= 15 is 0 Å². The van der Waals surface area contributed by atoms with Gasteiger partial charge in [-0.05, 0) is 19.9 Å². The Hall–Kier alpha value is -2.32. The minimum absolute atomic E-state index is 0.0829. The first-order valence-electron chi connectivity index (χ1n) is 8.08. The van der Waals surface area contributed by atoms with Gasteiger partial charge in [-0.3, -0.25) is 19.9 Å². The molecule has 0 aromatic carbocycles. The number of hydrogen-bond donors (Lipinski definition) is 1. The number of nitrogens with one attached hydrogen (secondary N) is 1. The Morgan fingerprint density at radius 1 is 1.29 bits per heavy atom. The van der Waals surface area contributed by atoms with Crippen LogP contribution in [0, 0.1) is 6.92 Å². The largest absolute Gasteiger partial charge is 0.360 e. The van der Waals surface area contributed by atoms with Crippen molar-refractivity contribution in [1.82, 2.24) is 24.9 Å². The number of aromatic nitrogens is 3. The molecule has 1 fully saturated rings. The van der Waals surface area contributed by atoms with Crippen molar-refractivity contribution in [2.24, 2.45) is 0 Å². The van der Waals surface area contributed by atoms with Gasteiger partial charge in [0.15, 0.2) is 5.76 Å². The molecule has 0 aliphatic carbocycles. The Balaban J connectivity index is 1.47. The molecule has 1 atom stereocenters. The first-order chi connectivity index (χ1) is 11.6. The summed E-state index contributed by atoms with van der Waals surface area (Å²) in [6.07, 6.45) is 3.22. The number of nitrogens with zero attached hydrogens (tertiary/aromatic N) is 5. The molecule has 24 heavy (non-hydrogen) atoms. The van der Waals surface area contributed by atoms with Crippen LogP contribution in [-0.2, 0) is 11.3 Å². The molecule has 1 N–H and O–H groups in total. The van der Waals surface area contributed by atoms with E-state index in [4.69, 9.17) is 4.52 Å². The molecule has 128 valence electrons. The Labute approximate surface area is 140 Å². The van der Waals surface area contributed by atoms with E-state index in [2.05, 4.69) is 30.2 Å². The molecule has 2 aromatic heterocycles. The van der Waals surface area contributed by atoms with Gasteiger partial charge in [0.2, 0.25) is 11.9 Å². The molecule has 3 rings (SSSR count). The number of aryl methyl sites for hydroxylation is 1. The van der Waals surface area contributed by atoms with Crippen LogP contribution in [0.15, 0.2) is 29.0 Å². The maximum absolute atomic E-state index is 12.3. The van der Waals surface area contributed by atoms with E-state index < -0.39 is 0 Å². The van der Waals surface area contributed by atoms with Gasteiger partial charge in [-0.1, -0.05) is 5.16 Å². The summed E-state index contributed by atoms with van der Waals surface area (Å²) in [6, 6.07) is 3.46. The zero-order valence-corrected chi connectivity index (χ0v) is 14.0. The van der Waals surface area contributed by atoms with Crippen LogP contribution in [0.4, 0.5) is 5.95 Å². The zero-order chi connectivity index (χ0) is 16.9. The van der Waals surface area contributed by atoms with Crippen LogP contribution in [0.1, 0.15) is 18.4 Å². The number of rotatable bonds is 5. The first kappa shape index (κ1) is 16.5. The van der Waals surface area contributed by atoms with Gasteiger partial charge in [-0.15, -0.1) is 0 Å². The summed E-state index contributed by atoms with van der Waals surface area (Å²) in [5.41, 5.74) is 0.900. The third-order valence-electron chi connectivity index (χ3n) is 4.19. The van der Waals surface area contributed by atoms with Gasteiger partial charge in [0.05, 0.1) is 18.3 Å². The lowest BCUT2D eigenvalue weighted by atomic mass is 10.2. The molecular formula is C16H22N6O2. The summed E-state index contributed by atoms with van der Waals surface area (Å²) in [7, 11) is 0. The molecule has 0 unspecified atom stereocenters. The normalized spacial score (nSPS) is 17.6. The number of anilines is 1. The van der Waals surface area contributed by atoms with Crippen molar-refractivity contribution in [1.29, 1.82) is 0 Å². The second-order valence-corrected chi connectivity index (χ2v) is 5.98. The molecule has 1 amide bonds. The van der Waals surface area contributed by atoms with Crippen LogP contribution < -0.4 is 5.32 Å². The van der Waals surface area contributed by atoms with E-state index in [0.29, 0.717) is 5.95 Å². The summed E-state index contributed by atoms with van der Waals surface area (Å²) in [5.74, 6) is 1.14. The Kier molecular flexibility index (Phi) is 5.17. The Morgan fingerprint density at radius 3 is 2.62 bits per heavy atom. The zero-order valence-electron chi connectivity index (χ0n) is 14.0. The predicted molar refractivity (Wildman–Crippen MR) is 88.2 cm³/mol. The quantitative estimate of drug-likeness (QED) is 0.872. The molecule has 2 aromatic rings. The maximum Gasteiger partial charge on any atom is 0.243 e. The van der Waals surface area contributed by atoms with Crippen molar-refractivity contribution >= 4 is 11.9 Å². The topological polar surface area (TPSA) is 87.4 Å². The smallest absolute Gasteiger partial charge is 0.243 e. The Morgan fingerprint density at radius 2 is 2.00 bits per heavy atom. The monoisotopic (exact) mass is 330 g/mol. The van der Waals surface area contributed by atoms with E-state index in [9.17, 15) is 4.79 Å². The second kappa shape index (κ2) is 7.50. The molecule has 3 heterocycles. The van der Waals surface area contributed by atoms with E-state index in [1.165, 1.54) is 0 Å². The lowest BCUT2D eigenvalue weighted by Gasteiger charge is -2.36. The summed E-state index contributed by atoms with van der Waals surface area (Å²) in [5, 5.41) is 6.66. The third-order valence-corrected chi connectivity index (χ3v) is 4.19. The van der Waals surface area contributed by atoms with Crippen LogP contribution in [0.2, 0.25) is 0 Å². The van der Waals surface area contributed by atoms with Crippen molar-refractivity contribution in [2.45, 2.75) is 26.4 Å². The molecular weight excluding hydrogens is 308 g/mol. The highest BCUT2D eigenvalue weighted by atomic mass is 16.5. The molecule has 0 saturated carbocycles. The molecule has 1 aliphatic heterocycles. The highest BCUT2D eigenvalue weighted by Crippen LogP contribution is 2.12. The van der Waals surface area contributed by atoms with Gasteiger partial charge >= 0.3 is 0 Å². The molecule has 0 spiro atoms. The number of carbonyl (C=O) groups is 1. The average molecular weight is 330 g/mol. The van der Waals surface area contributed by atoms with Crippen LogP contribution in [0.5, 0.6) is 0 Å². The van der Waals surface area contributed by atoms with Gasteiger partial charge in [-0.25, -0.2) is 9.97 Å². The van der Waals surface area contributed by atoms with Gasteiger partial charge in [0, 0.05) is 44.6 Å². The van der Waals surface area contributed by atoms with E-state index in [-0.39, 0.29) is 11.9 Å². The van der Waals surface area contributed by atoms with E-state index in [1.54, 1.807) is 18.5 Å². The van der Waals surface area contributed by atoms with Crippen LogP contribution in [0.25, 0.3) is 0 Å². The molecule has 1 saturated heterocycles. The third kappa shape index (κ3) is 4.15. The van der Waals surface area contributed by atoms with Crippen molar-refractivity contribution in [3.8, 4) is 0 Å². The molecule has 0 bridgehead atoms. The van der Waals surface area contributed by atoms with E-state index in [1.807, 2.05) is 19.9 Å². The minimum Gasteiger partial charge on any atom is -0.360 e. The van der Waals surface area contributed by atoms with Crippen LogP contribution in [-0.4, -0.2) is 63.1 Å². The SMILES string of the molecule is Cc1cc(CN2CCN([C@@H](C)C(=O)Nc3ncccn3)CC2)on1. The summed E-state index contributed by atoms with van der Waals surface area (Å²) < 4.78 is 5.26.